The van der Waals surface area contributed by atoms with E-state index in [4.69, 9.17) is 0 Å². The quantitative estimate of drug-likeness (QED) is 0.712. The van der Waals surface area contributed by atoms with Gasteiger partial charge in [0.2, 0.25) is 0 Å². The van der Waals surface area contributed by atoms with Crippen LogP contribution in [0.5, 0.6) is 0 Å². The molecule has 2 aliphatic heterocycles. The number of likely N-dealkylation sites (tertiary alicyclic amines) is 2. The van der Waals surface area contributed by atoms with Crippen molar-refractivity contribution >= 4 is 0 Å². The van der Waals surface area contributed by atoms with Crippen molar-refractivity contribution in [2.75, 3.05) is 40.3 Å². The molecule has 0 N–H and O–H groups in total. The zero-order chi connectivity index (χ0) is 11.7. The van der Waals surface area contributed by atoms with Gasteiger partial charge in [0.1, 0.15) is 0 Å². The molecule has 0 aromatic carbocycles. The molecule has 2 unspecified atom stereocenters. The first-order valence-electron chi connectivity index (χ1n) is 6.72. The lowest BCUT2D eigenvalue weighted by Gasteiger charge is -2.31. The molecule has 0 saturated carbocycles. The summed E-state index contributed by atoms with van der Waals surface area (Å²) in [6.45, 7) is 9.71. The lowest BCUT2D eigenvalue weighted by Crippen LogP contribution is -2.43. The fraction of sp³-hybridized carbons (Fsp3) is 1.00. The Kier molecular flexibility index (Phi) is 3.88. The molecular weight excluding hydrogens is 198 g/mol. The first-order valence-corrected chi connectivity index (χ1v) is 6.72. The molecule has 2 saturated heterocycles. The second-order valence-electron chi connectivity index (χ2n) is 5.90. The minimum absolute atomic E-state index is 0.713. The average Bonchev–Trinajstić information content (AvgIpc) is 2.84. The predicted molar refractivity (Wildman–Crippen MR) is 68.8 cm³/mol. The van der Waals surface area contributed by atoms with E-state index >= 15 is 0 Å². The number of nitrogens with zero attached hydrogens (tertiary/aromatic N) is 3. The molecule has 94 valence electrons. The summed E-state index contributed by atoms with van der Waals surface area (Å²) < 4.78 is 0. The molecule has 2 atom stereocenters. The van der Waals surface area contributed by atoms with E-state index in [0.717, 1.165) is 12.1 Å². The van der Waals surface area contributed by atoms with Crippen LogP contribution < -0.4 is 0 Å². The molecule has 2 fully saturated rings. The second-order valence-corrected chi connectivity index (χ2v) is 5.90. The summed E-state index contributed by atoms with van der Waals surface area (Å²) in [6.07, 6.45) is 2.71. The van der Waals surface area contributed by atoms with Gasteiger partial charge in [-0.25, -0.2) is 0 Å². The topological polar surface area (TPSA) is 9.72 Å². The van der Waals surface area contributed by atoms with Crippen LogP contribution in [0.15, 0.2) is 0 Å². The summed E-state index contributed by atoms with van der Waals surface area (Å²) in [5, 5.41) is 0. The van der Waals surface area contributed by atoms with Crippen molar-refractivity contribution in [2.24, 2.45) is 0 Å². The van der Waals surface area contributed by atoms with E-state index in [1.807, 2.05) is 0 Å². The standard InChI is InChI=1S/C13H27N3/c1-11(2)16-8-6-13(10-16)15(4)12-5-7-14(3)9-12/h11-13H,5-10H2,1-4H3. The Hall–Kier alpha value is -0.120. The van der Waals surface area contributed by atoms with Gasteiger partial charge in [0.15, 0.2) is 0 Å². The van der Waals surface area contributed by atoms with Gasteiger partial charge in [-0.15, -0.1) is 0 Å². The molecule has 0 aliphatic carbocycles. The smallest absolute Gasteiger partial charge is 0.0235 e. The molecule has 2 aliphatic rings. The molecule has 3 heteroatoms. The van der Waals surface area contributed by atoms with Gasteiger partial charge < -0.3 is 4.90 Å². The third-order valence-corrected chi connectivity index (χ3v) is 4.44. The monoisotopic (exact) mass is 225 g/mol. The van der Waals surface area contributed by atoms with Crippen molar-refractivity contribution in [3.8, 4) is 0 Å². The highest BCUT2D eigenvalue weighted by atomic mass is 15.3. The third-order valence-electron chi connectivity index (χ3n) is 4.44. The normalized spacial score (nSPS) is 33.4. The van der Waals surface area contributed by atoms with E-state index in [1.165, 1.54) is 39.0 Å². The van der Waals surface area contributed by atoms with Gasteiger partial charge in [0.25, 0.3) is 0 Å². The van der Waals surface area contributed by atoms with Crippen molar-refractivity contribution in [1.29, 1.82) is 0 Å². The van der Waals surface area contributed by atoms with Crippen LogP contribution in [0.25, 0.3) is 0 Å². The zero-order valence-electron chi connectivity index (χ0n) is 11.3. The molecule has 0 aromatic heterocycles. The molecule has 0 spiro atoms. The van der Waals surface area contributed by atoms with Gasteiger partial charge in [-0.2, -0.15) is 0 Å². The molecule has 3 nitrogen and oxygen atoms in total. The maximum absolute atomic E-state index is 2.64. The van der Waals surface area contributed by atoms with E-state index < -0.39 is 0 Å². The van der Waals surface area contributed by atoms with Gasteiger partial charge in [-0.1, -0.05) is 0 Å². The van der Waals surface area contributed by atoms with Gasteiger partial charge in [-0.05, 0) is 47.3 Å². The van der Waals surface area contributed by atoms with Crippen LogP contribution >= 0.6 is 0 Å². The van der Waals surface area contributed by atoms with Crippen LogP contribution in [0, 0.1) is 0 Å². The highest BCUT2D eigenvalue weighted by Gasteiger charge is 2.32. The highest BCUT2D eigenvalue weighted by molar-refractivity contribution is 4.89. The fourth-order valence-electron chi connectivity index (χ4n) is 3.11. The Morgan fingerprint density at radius 2 is 1.69 bits per heavy atom. The van der Waals surface area contributed by atoms with Crippen molar-refractivity contribution < 1.29 is 0 Å². The van der Waals surface area contributed by atoms with E-state index in [2.05, 4.69) is 42.6 Å². The second kappa shape index (κ2) is 5.03. The molecule has 2 heterocycles. The molecule has 0 radical (unpaired) electrons. The maximum atomic E-state index is 2.64. The van der Waals surface area contributed by atoms with E-state index in [9.17, 15) is 0 Å². The fourth-order valence-corrected chi connectivity index (χ4v) is 3.11. The Morgan fingerprint density at radius 1 is 1.06 bits per heavy atom. The molecule has 0 amide bonds. The molecule has 0 aromatic rings. The molecule has 0 bridgehead atoms. The summed E-state index contributed by atoms with van der Waals surface area (Å²) in [7, 11) is 4.57. The minimum Gasteiger partial charge on any atom is -0.305 e. The van der Waals surface area contributed by atoms with Crippen molar-refractivity contribution in [3.05, 3.63) is 0 Å². The lowest BCUT2D eigenvalue weighted by atomic mass is 10.1. The van der Waals surface area contributed by atoms with Crippen LogP contribution in [0.4, 0.5) is 0 Å². The van der Waals surface area contributed by atoms with Crippen molar-refractivity contribution in [3.63, 3.8) is 0 Å². The average molecular weight is 225 g/mol. The van der Waals surface area contributed by atoms with Crippen molar-refractivity contribution in [2.45, 2.75) is 44.8 Å². The van der Waals surface area contributed by atoms with Crippen molar-refractivity contribution in [1.82, 2.24) is 14.7 Å². The maximum Gasteiger partial charge on any atom is 0.0235 e. The largest absolute Gasteiger partial charge is 0.305 e. The molecule has 16 heavy (non-hydrogen) atoms. The Balaban J connectivity index is 1.84. The number of hydrogen-bond donors (Lipinski definition) is 0. The number of likely N-dealkylation sites (N-methyl/N-ethyl adjacent to an activating group) is 2. The first kappa shape index (κ1) is 12.3. The highest BCUT2D eigenvalue weighted by Crippen LogP contribution is 2.22. The van der Waals surface area contributed by atoms with Gasteiger partial charge in [0, 0.05) is 37.8 Å². The van der Waals surface area contributed by atoms with Crippen LogP contribution in [-0.2, 0) is 0 Å². The van der Waals surface area contributed by atoms with Crippen LogP contribution in [0.2, 0.25) is 0 Å². The Labute approximate surface area is 100 Å². The summed E-state index contributed by atoms with van der Waals surface area (Å²) in [4.78, 5) is 7.71. The SMILES string of the molecule is CC(C)N1CCC(N(C)C2CCN(C)C2)C1. The third kappa shape index (κ3) is 2.58. The van der Waals surface area contributed by atoms with Gasteiger partial charge in [-0.3, -0.25) is 9.80 Å². The van der Waals surface area contributed by atoms with Crippen LogP contribution in [-0.4, -0.2) is 73.1 Å². The Bertz CT molecular complexity index is 229. The summed E-state index contributed by atoms with van der Waals surface area (Å²) in [5.41, 5.74) is 0. The molecular formula is C13H27N3. The predicted octanol–water partition coefficient (Wildman–Crippen LogP) is 1.10. The van der Waals surface area contributed by atoms with E-state index in [-0.39, 0.29) is 0 Å². The Morgan fingerprint density at radius 3 is 2.19 bits per heavy atom. The summed E-state index contributed by atoms with van der Waals surface area (Å²) in [6, 6.07) is 2.30. The number of rotatable bonds is 3. The van der Waals surface area contributed by atoms with E-state index in [1.54, 1.807) is 0 Å². The van der Waals surface area contributed by atoms with Crippen LogP contribution in [0.1, 0.15) is 26.7 Å². The first-order chi connectivity index (χ1) is 7.58. The van der Waals surface area contributed by atoms with Crippen LogP contribution in [0.3, 0.4) is 0 Å². The molecule has 2 rings (SSSR count). The lowest BCUT2D eigenvalue weighted by molar-refractivity contribution is 0.166. The van der Waals surface area contributed by atoms with Gasteiger partial charge >= 0.3 is 0 Å². The minimum atomic E-state index is 0.713. The number of hydrogen-bond acceptors (Lipinski definition) is 3. The van der Waals surface area contributed by atoms with Gasteiger partial charge in [0.05, 0.1) is 0 Å². The van der Waals surface area contributed by atoms with E-state index in [0.29, 0.717) is 6.04 Å². The summed E-state index contributed by atoms with van der Waals surface area (Å²) >= 11 is 0. The zero-order valence-corrected chi connectivity index (χ0v) is 11.3. The summed E-state index contributed by atoms with van der Waals surface area (Å²) in [5.74, 6) is 0.